The molecule has 0 bridgehead atoms. The van der Waals surface area contributed by atoms with E-state index in [1.807, 2.05) is 0 Å². The summed E-state index contributed by atoms with van der Waals surface area (Å²) in [6, 6.07) is 0. The van der Waals surface area contributed by atoms with E-state index in [0.717, 1.165) is 0 Å². The van der Waals surface area contributed by atoms with Crippen molar-refractivity contribution in [3.05, 3.63) is 22.9 Å². The van der Waals surface area contributed by atoms with Crippen LogP contribution in [-0.4, -0.2) is 10.6 Å². The first-order valence-corrected chi connectivity index (χ1v) is 3.45. The predicted octanol–water partition coefficient (Wildman–Crippen LogP) is 1.67. The van der Waals surface area contributed by atoms with Crippen molar-refractivity contribution in [1.82, 2.24) is 0 Å². The number of allylic oxidation sites excluding steroid dienone is 2. The molecule has 0 saturated heterocycles. The summed E-state index contributed by atoms with van der Waals surface area (Å²) < 4.78 is 0. The molecule has 1 unspecified atom stereocenters. The number of rotatable bonds is 0. The Balaban J connectivity index is 2.89. The number of hydrogen-bond donors (Lipinski definition) is 2. The zero-order valence-corrected chi connectivity index (χ0v) is 6.52. The van der Waals surface area contributed by atoms with Crippen LogP contribution in [0.4, 0.5) is 0 Å². The summed E-state index contributed by atoms with van der Waals surface area (Å²) in [5.41, 5.74) is 4.99. The summed E-state index contributed by atoms with van der Waals surface area (Å²) in [6.07, 6.45) is 3.70. The molecular weight excluding hydrogens is 150 g/mol. The predicted molar refractivity (Wildman–Crippen MR) is 41.9 cm³/mol. The Kier molecular flexibility index (Phi) is 1.75. The number of aliphatic hydroxyl groups excluding tert-OH is 1. The molecular formula is C7H10ClNO. The van der Waals surface area contributed by atoms with E-state index in [9.17, 15) is 5.11 Å². The summed E-state index contributed by atoms with van der Waals surface area (Å²) in [6.45, 7) is 1.74. The average molecular weight is 160 g/mol. The molecule has 1 atom stereocenters. The summed E-state index contributed by atoms with van der Waals surface area (Å²) in [4.78, 5) is 0. The van der Waals surface area contributed by atoms with Gasteiger partial charge < -0.3 is 10.8 Å². The van der Waals surface area contributed by atoms with E-state index in [0.29, 0.717) is 11.5 Å². The minimum atomic E-state index is -0.675. The van der Waals surface area contributed by atoms with Gasteiger partial charge in [-0.25, -0.2) is 0 Å². The molecule has 0 fully saturated rings. The molecule has 0 aromatic heterocycles. The van der Waals surface area contributed by atoms with Crippen molar-refractivity contribution in [1.29, 1.82) is 0 Å². The maximum atomic E-state index is 9.19. The highest BCUT2D eigenvalue weighted by Crippen LogP contribution is 2.26. The van der Waals surface area contributed by atoms with Crippen LogP contribution in [0.15, 0.2) is 22.9 Å². The zero-order chi connectivity index (χ0) is 7.78. The van der Waals surface area contributed by atoms with Crippen molar-refractivity contribution < 1.29 is 5.11 Å². The van der Waals surface area contributed by atoms with Crippen LogP contribution in [0.25, 0.3) is 0 Å². The van der Waals surface area contributed by atoms with Crippen molar-refractivity contribution in [2.45, 2.75) is 18.9 Å². The molecule has 1 aliphatic carbocycles. The fraction of sp³-hybridized carbons (Fsp3) is 0.429. The molecule has 3 N–H and O–H groups in total. The largest absolute Gasteiger partial charge is 0.510 e. The second-order valence-corrected chi connectivity index (χ2v) is 3.25. The summed E-state index contributed by atoms with van der Waals surface area (Å²) in [5, 5.41) is 9.87. The number of halogens is 1. The van der Waals surface area contributed by atoms with Gasteiger partial charge in [-0.3, -0.25) is 0 Å². The highest BCUT2D eigenvalue weighted by molar-refractivity contribution is 6.29. The Morgan fingerprint density at radius 3 is 2.70 bits per heavy atom. The molecule has 0 aromatic carbocycles. The van der Waals surface area contributed by atoms with Gasteiger partial charge in [0.1, 0.15) is 5.76 Å². The van der Waals surface area contributed by atoms with Crippen LogP contribution in [0.2, 0.25) is 0 Å². The van der Waals surface area contributed by atoms with E-state index in [2.05, 4.69) is 0 Å². The van der Waals surface area contributed by atoms with E-state index in [1.165, 1.54) is 6.08 Å². The molecule has 0 saturated carbocycles. The standard InChI is InChI=1S/C7H10ClNO/c1-7(9)4-5(8)2-3-6(7)10/h2-3,10H,4,9H2,1H3. The fourth-order valence-corrected chi connectivity index (χ4v) is 1.20. The van der Waals surface area contributed by atoms with E-state index in [-0.39, 0.29) is 5.76 Å². The molecule has 2 nitrogen and oxygen atoms in total. The Morgan fingerprint density at radius 2 is 2.30 bits per heavy atom. The van der Waals surface area contributed by atoms with E-state index < -0.39 is 5.54 Å². The third-order valence-electron chi connectivity index (χ3n) is 1.54. The van der Waals surface area contributed by atoms with Crippen molar-refractivity contribution >= 4 is 11.6 Å². The van der Waals surface area contributed by atoms with Crippen molar-refractivity contribution in [2.24, 2.45) is 5.73 Å². The SMILES string of the molecule is CC1(N)CC(Cl)=CC=C1O. The minimum Gasteiger partial charge on any atom is -0.510 e. The zero-order valence-electron chi connectivity index (χ0n) is 5.76. The van der Waals surface area contributed by atoms with Crippen LogP contribution >= 0.6 is 11.6 Å². The Labute approximate surface area is 65.0 Å². The first-order chi connectivity index (χ1) is 4.52. The Hall–Kier alpha value is -0.470. The Morgan fingerprint density at radius 1 is 1.70 bits per heavy atom. The van der Waals surface area contributed by atoms with Gasteiger partial charge in [-0.15, -0.1) is 0 Å². The van der Waals surface area contributed by atoms with Gasteiger partial charge in [0.05, 0.1) is 5.54 Å². The van der Waals surface area contributed by atoms with E-state index in [1.54, 1.807) is 13.0 Å². The topological polar surface area (TPSA) is 46.2 Å². The lowest BCUT2D eigenvalue weighted by atomic mass is 9.93. The van der Waals surface area contributed by atoms with Crippen LogP contribution in [0, 0.1) is 0 Å². The molecule has 0 heterocycles. The number of nitrogens with two attached hydrogens (primary N) is 1. The van der Waals surface area contributed by atoms with E-state index in [4.69, 9.17) is 17.3 Å². The van der Waals surface area contributed by atoms with Crippen LogP contribution in [0.5, 0.6) is 0 Å². The summed E-state index contributed by atoms with van der Waals surface area (Å²) in [7, 11) is 0. The molecule has 1 rings (SSSR count). The molecule has 3 heteroatoms. The van der Waals surface area contributed by atoms with Crippen LogP contribution in [0.3, 0.4) is 0 Å². The Bertz CT molecular complexity index is 206. The monoisotopic (exact) mass is 159 g/mol. The van der Waals surface area contributed by atoms with Gasteiger partial charge in [0.25, 0.3) is 0 Å². The third kappa shape index (κ3) is 1.33. The van der Waals surface area contributed by atoms with Crippen molar-refractivity contribution in [3.63, 3.8) is 0 Å². The molecule has 10 heavy (non-hydrogen) atoms. The lowest BCUT2D eigenvalue weighted by Crippen LogP contribution is -2.39. The quantitative estimate of drug-likeness (QED) is 0.565. The molecule has 0 aliphatic heterocycles. The summed E-state index contributed by atoms with van der Waals surface area (Å²) in [5.74, 6) is 0.192. The molecule has 0 radical (unpaired) electrons. The van der Waals surface area contributed by atoms with Gasteiger partial charge in [0.15, 0.2) is 0 Å². The summed E-state index contributed by atoms with van der Waals surface area (Å²) >= 11 is 5.69. The lowest BCUT2D eigenvalue weighted by molar-refractivity contribution is 0.305. The molecule has 0 aromatic rings. The molecule has 56 valence electrons. The highest BCUT2D eigenvalue weighted by Gasteiger charge is 2.26. The first-order valence-electron chi connectivity index (χ1n) is 3.07. The number of hydrogen-bond acceptors (Lipinski definition) is 2. The molecule has 0 amide bonds. The molecule has 0 spiro atoms. The van der Waals surface area contributed by atoms with Crippen LogP contribution < -0.4 is 5.73 Å². The molecule has 1 aliphatic rings. The van der Waals surface area contributed by atoms with Crippen molar-refractivity contribution in [3.8, 4) is 0 Å². The number of aliphatic hydroxyl groups is 1. The van der Waals surface area contributed by atoms with Gasteiger partial charge in [-0.1, -0.05) is 11.6 Å². The second-order valence-electron chi connectivity index (χ2n) is 2.76. The maximum absolute atomic E-state index is 9.19. The van der Waals surface area contributed by atoms with Crippen LogP contribution in [0.1, 0.15) is 13.3 Å². The van der Waals surface area contributed by atoms with E-state index >= 15 is 0 Å². The van der Waals surface area contributed by atoms with Gasteiger partial charge >= 0.3 is 0 Å². The van der Waals surface area contributed by atoms with Gasteiger partial charge in [0, 0.05) is 11.5 Å². The smallest absolute Gasteiger partial charge is 0.112 e. The third-order valence-corrected chi connectivity index (χ3v) is 1.80. The lowest BCUT2D eigenvalue weighted by Gasteiger charge is -2.25. The van der Waals surface area contributed by atoms with Gasteiger partial charge in [0.2, 0.25) is 0 Å². The fourth-order valence-electron chi connectivity index (χ4n) is 0.860. The average Bonchev–Trinajstić information content (AvgIpc) is 1.78. The van der Waals surface area contributed by atoms with Gasteiger partial charge in [-0.2, -0.15) is 0 Å². The first kappa shape index (κ1) is 7.63. The minimum absolute atomic E-state index is 0.192. The second kappa shape index (κ2) is 2.29. The highest BCUT2D eigenvalue weighted by atomic mass is 35.5. The normalized spacial score (nSPS) is 33.1. The maximum Gasteiger partial charge on any atom is 0.112 e. The van der Waals surface area contributed by atoms with Gasteiger partial charge in [-0.05, 0) is 19.1 Å². The van der Waals surface area contributed by atoms with Crippen LogP contribution in [-0.2, 0) is 0 Å². The van der Waals surface area contributed by atoms with Crippen molar-refractivity contribution in [2.75, 3.05) is 0 Å².